The lowest BCUT2D eigenvalue weighted by Gasteiger charge is -1.96. The van der Waals surface area contributed by atoms with E-state index in [0.717, 1.165) is 25.3 Å². The molecular weight excluding hydrogens is 168 g/mol. The molecule has 0 aliphatic rings. The third kappa shape index (κ3) is 8.66. The summed E-state index contributed by atoms with van der Waals surface area (Å²) in [5, 5.41) is 17.4. The van der Waals surface area contributed by atoms with Gasteiger partial charge in [0.15, 0.2) is 0 Å². The standard InChI is InChI=1S/C10H16O3/c1-2-3-4-6-9(11)7-5-8-10(12)13/h5,7-8,11H,2-4,6H2,1H3,(H,12,13)/b8-5+,9-7-. The maximum absolute atomic E-state index is 10.0. The topological polar surface area (TPSA) is 57.5 Å². The molecule has 0 radical (unpaired) electrons. The van der Waals surface area contributed by atoms with E-state index < -0.39 is 5.97 Å². The van der Waals surface area contributed by atoms with Crippen molar-refractivity contribution in [1.29, 1.82) is 0 Å². The first kappa shape index (κ1) is 11.8. The van der Waals surface area contributed by atoms with Gasteiger partial charge in [0.2, 0.25) is 0 Å². The van der Waals surface area contributed by atoms with Gasteiger partial charge in [-0.1, -0.05) is 25.8 Å². The molecule has 0 amide bonds. The lowest BCUT2D eigenvalue weighted by atomic mass is 10.2. The number of carboxylic acids is 1. The van der Waals surface area contributed by atoms with Gasteiger partial charge in [-0.15, -0.1) is 0 Å². The van der Waals surface area contributed by atoms with E-state index in [4.69, 9.17) is 5.11 Å². The number of aliphatic hydroxyl groups excluding tert-OH is 1. The van der Waals surface area contributed by atoms with Crippen molar-refractivity contribution in [3.8, 4) is 0 Å². The Hall–Kier alpha value is -1.25. The molecule has 0 aromatic heterocycles. The van der Waals surface area contributed by atoms with Crippen LogP contribution >= 0.6 is 0 Å². The van der Waals surface area contributed by atoms with Crippen molar-refractivity contribution in [3.05, 3.63) is 24.0 Å². The van der Waals surface area contributed by atoms with Gasteiger partial charge in [-0.3, -0.25) is 0 Å². The van der Waals surface area contributed by atoms with Gasteiger partial charge in [-0.2, -0.15) is 0 Å². The van der Waals surface area contributed by atoms with Crippen molar-refractivity contribution in [2.24, 2.45) is 0 Å². The normalized spacial score (nSPS) is 12.2. The SMILES string of the molecule is CCCCC/C(O)=C/C=C/C(=O)O. The fraction of sp³-hybridized carbons (Fsp3) is 0.500. The van der Waals surface area contributed by atoms with Crippen LogP contribution in [0.15, 0.2) is 24.0 Å². The van der Waals surface area contributed by atoms with Crippen molar-refractivity contribution < 1.29 is 15.0 Å². The van der Waals surface area contributed by atoms with Crippen LogP contribution in [-0.4, -0.2) is 16.2 Å². The van der Waals surface area contributed by atoms with Gasteiger partial charge in [-0.05, 0) is 12.5 Å². The first-order valence-electron chi connectivity index (χ1n) is 4.46. The van der Waals surface area contributed by atoms with Gasteiger partial charge in [0.05, 0.1) is 5.76 Å². The average Bonchev–Trinajstić information content (AvgIpc) is 2.04. The summed E-state index contributed by atoms with van der Waals surface area (Å²) in [5.74, 6) is -0.761. The van der Waals surface area contributed by atoms with E-state index in [1.807, 2.05) is 0 Å². The second kappa shape index (κ2) is 7.40. The molecule has 0 spiro atoms. The molecule has 0 unspecified atom stereocenters. The maximum Gasteiger partial charge on any atom is 0.328 e. The van der Waals surface area contributed by atoms with E-state index >= 15 is 0 Å². The number of hydrogen-bond acceptors (Lipinski definition) is 2. The molecule has 0 aliphatic carbocycles. The minimum Gasteiger partial charge on any atom is -0.512 e. The zero-order valence-corrected chi connectivity index (χ0v) is 7.86. The predicted octanol–water partition coefficient (Wildman–Crippen LogP) is 2.65. The molecule has 13 heavy (non-hydrogen) atoms. The summed E-state index contributed by atoms with van der Waals surface area (Å²) in [5.41, 5.74) is 0. The van der Waals surface area contributed by atoms with Crippen LogP contribution in [0.5, 0.6) is 0 Å². The molecule has 0 atom stereocenters. The molecule has 0 aromatic carbocycles. The Balaban J connectivity index is 3.68. The Morgan fingerprint density at radius 1 is 1.31 bits per heavy atom. The van der Waals surface area contributed by atoms with Crippen LogP contribution in [0, 0.1) is 0 Å². The van der Waals surface area contributed by atoms with E-state index in [0.29, 0.717) is 6.42 Å². The number of unbranched alkanes of at least 4 members (excludes halogenated alkanes) is 2. The van der Waals surface area contributed by atoms with Crippen LogP contribution < -0.4 is 0 Å². The second-order valence-electron chi connectivity index (χ2n) is 2.81. The summed E-state index contributed by atoms with van der Waals surface area (Å²) in [6, 6.07) is 0. The van der Waals surface area contributed by atoms with E-state index in [1.54, 1.807) is 0 Å². The zero-order valence-electron chi connectivity index (χ0n) is 7.86. The molecule has 0 rings (SSSR count). The van der Waals surface area contributed by atoms with Crippen molar-refractivity contribution in [3.63, 3.8) is 0 Å². The van der Waals surface area contributed by atoms with Crippen molar-refractivity contribution in [1.82, 2.24) is 0 Å². The molecule has 0 aliphatic heterocycles. The summed E-state index contributed by atoms with van der Waals surface area (Å²) in [7, 11) is 0. The van der Waals surface area contributed by atoms with Crippen molar-refractivity contribution >= 4 is 5.97 Å². The second-order valence-corrected chi connectivity index (χ2v) is 2.81. The molecule has 74 valence electrons. The summed E-state index contributed by atoms with van der Waals surface area (Å²) in [6.07, 6.45) is 7.51. The van der Waals surface area contributed by atoms with Crippen LogP contribution in [0.4, 0.5) is 0 Å². The number of allylic oxidation sites excluding steroid dienone is 3. The molecule has 2 N–H and O–H groups in total. The molecule has 0 aromatic rings. The highest BCUT2D eigenvalue weighted by Gasteiger charge is 1.91. The smallest absolute Gasteiger partial charge is 0.328 e. The molecule has 0 saturated heterocycles. The molecule has 0 fully saturated rings. The predicted molar refractivity (Wildman–Crippen MR) is 51.6 cm³/mol. The highest BCUT2D eigenvalue weighted by molar-refractivity contribution is 5.80. The van der Waals surface area contributed by atoms with Gasteiger partial charge in [0, 0.05) is 12.5 Å². The van der Waals surface area contributed by atoms with Gasteiger partial charge in [-0.25, -0.2) is 4.79 Å². The molecule has 0 saturated carbocycles. The van der Waals surface area contributed by atoms with Gasteiger partial charge < -0.3 is 10.2 Å². The third-order valence-electron chi connectivity index (χ3n) is 1.56. The minimum absolute atomic E-state index is 0.242. The first-order chi connectivity index (χ1) is 6.16. The van der Waals surface area contributed by atoms with E-state index in [1.165, 1.54) is 12.2 Å². The number of rotatable bonds is 6. The Labute approximate surface area is 78.4 Å². The summed E-state index contributed by atoms with van der Waals surface area (Å²) < 4.78 is 0. The Morgan fingerprint density at radius 2 is 2.00 bits per heavy atom. The van der Waals surface area contributed by atoms with E-state index in [-0.39, 0.29) is 5.76 Å². The maximum atomic E-state index is 10.0. The van der Waals surface area contributed by atoms with Crippen molar-refractivity contribution in [2.45, 2.75) is 32.6 Å². The Kier molecular flexibility index (Phi) is 6.69. The highest BCUT2D eigenvalue weighted by Crippen LogP contribution is 2.05. The van der Waals surface area contributed by atoms with Crippen LogP contribution in [0.25, 0.3) is 0 Å². The highest BCUT2D eigenvalue weighted by atomic mass is 16.4. The Morgan fingerprint density at radius 3 is 2.54 bits per heavy atom. The molecular formula is C10H16O3. The average molecular weight is 184 g/mol. The molecule has 3 nitrogen and oxygen atoms in total. The zero-order chi connectivity index (χ0) is 10.1. The number of carbonyl (C=O) groups is 1. The van der Waals surface area contributed by atoms with Gasteiger partial charge in [0.1, 0.15) is 0 Å². The number of carboxylic acid groups (broad SMARTS) is 1. The monoisotopic (exact) mass is 184 g/mol. The van der Waals surface area contributed by atoms with Crippen LogP contribution in [-0.2, 0) is 4.79 Å². The quantitative estimate of drug-likeness (QED) is 0.289. The Bertz CT molecular complexity index is 204. The van der Waals surface area contributed by atoms with Gasteiger partial charge >= 0.3 is 5.97 Å². The summed E-state index contributed by atoms with van der Waals surface area (Å²) >= 11 is 0. The van der Waals surface area contributed by atoms with Gasteiger partial charge in [0.25, 0.3) is 0 Å². The fourth-order valence-electron chi connectivity index (χ4n) is 0.881. The minimum atomic E-state index is -1.00. The van der Waals surface area contributed by atoms with E-state index in [2.05, 4.69) is 6.92 Å². The molecule has 3 heteroatoms. The van der Waals surface area contributed by atoms with Crippen LogP contribution in [0.2, 0.25) is 0 Å². The lowest BCUT2D eigenvalue weighted by Crippen LogP contribution is -1.85. The number of hydrogen-bond donors (Lipinski definition) is 2. The summed E-state index contributed by atoms with van der Waals surface area (Å²) in [6.45, 7) is 2.09. The van der Waals surface area contributed by atoms with Crippen LogP contribution in [0.1, 0.15) is 32.6 Å². The molecule has 0 bridgehead atoms. The third-order valence-corrected chi connectivity index (χ3v) is 1.56. The number of aliphatic carboxylic acids is 1. The van der Waals surface area contributed by atoms with Crippen molar-refractivity contribution in [2.75, 3.05) is 0 Å². The van der Waals surface area contributed by atoms with Crippen LogP contribution in [0.3, 0.4) is 0 Å². The largest absolute Gasteiger partial charge is 0.512 e. The summed E-state index contributed by atoms with van der Waals surface area (Å²) in [4.78, 5) is 10.0. The van der Waals surface area contributed by atoms with E-state index in [9.17, 15) is 9.90 Å². The number of aliphatic hydroxyl groups is 1. The fourth-order valence-corrected chi connectivity index (χ4v) is 0.881. The first-order valence-corrected chi connectivity index (χ1v) is 4.46. The lowest BCUT2D eigenvalue weighted by molar-refractivity contribution is -0.131. The molecule has 0 heterocycles.